The Kier molecular flexibility index (Phi) is 3.77. The number of methoxy groups -OCH3 is 1. The molecule has 1 N–H and O–H groups in total. The van der Waals surface area contributed by atoms with Gasteiger partial charge in [0, 0.05) is 13.0 Å². The summed E-state index contributed by atoms with van der Waals surface area (Å²) in [6.45, 7) is 5.35. The standard InChI is InChI=1S/C18H29NO3/c1-16-7-13-8-17(2,10-16)12-18(9-13,11-16)15(21)19-6-4-5-14(20)22-3/h13H,4-12H2,1-3H3,(H,19,21). The molecule has 22 heavy (non-hydrogen) atoms. The van der Waals surface area contributed by atoms with Gasteiger partial charge < -0.3 is 10.1 Å². The maximum absolute atomic E-state index is 12.9. The molecule has 4 heteroatoms. The maximum atomic E-state index is 12.9. The van der Waals surface area contributed by atoms with Crippen LogP contribution in [-0.4, -0.2) is 25.5 Å². The number of amides is 1. The van der Waals surface area contributed by atoms with E-state index in [0.29, 0.717) is 30.2 Å². The van der Waals surface area contributed by atoms with Crippen LogP contribution >= 0.6 is 0 Å². The zero-order chi connectivity index (χ0) is 16.0. The zero-order valence-corrected chi connectivity index (χ0v) is 14.2. The highest BCUT2D eigenvalue weighted by Gasteiger charge is 2.62. The van der Waals surface area contributed by atoms with Crippen molar-refractivity contribution in [2.24, 2.45) is 22.2 Å². The van der Waals surface area contributed by atoms with Crippen LogP contribution in [-0.2, 0) is 14.3 Å². The summed E-state index contributed by atoms with van der Waals surface area (Å²) in [5.74, 6) is 0.759. The molecule has 0 radical (unpaired) electrons. The smallest absolute Gasteiger partial charge is 0.305 e. The summed E-state index contributed by atoms with van der Waals surface area (Å²) >= 11 is 0. The second kappa shape index (κ2) is 5.24. The zero-order valence-electron chi connectivity index (χ0n) is 14.2. The van der Waals surface area contributed by atoms with Crippen molar-refractivity contribution < 1.29 is 14.3 Å². The first-order chi connectivity index (χ1) is 10.3. The van der Waals surface area contributed by atoms with E-state index >= 15 is 0 Å². The van der Waals surface area contributed by atoms with Gasteiger partial charge in [0.25, 0.3) is 0 Å². The minimum absolute atomic E-state index is 0.145. The molecule has 4 aliphatic rings. The molecule has 4 saturated carbocycles. The Hall–Kier alpha value is -1.06. The SMILES string of the molecule is COC(=O)CCCNC(=O)C12CC3CC(C)(CC(C)(C3)C1)C2. The topological polar surface area (TPSA) is 55.4 Å². The number of esters is 1. The summed E-state index contributed by atoms with van der Waals surface area (Å²) < 4.78 is 4.63. The Labute approximate surface area is 133 Å². The lowest BCUT2D eigenvalue weighted by atomic mass is 9.40. The van der Waals surface area contributed by atoms with Gasteiger partial charge >= 0.3 is 5.97 Å². The Bertz CT molecular complexity index is 469. The molecule has 4 nitrogen and oxygen atoms in total. The van der Waals surface area contributed by atoms with E-state index in [0.717, 1.165) is 25.2 Å². The van der Waals surface area contributed by atoms with Gasteiger partial charge in [0.1, 0.15) is 0 Å². The quantitative estimate of drug-likeness (QED) is 0.627. The summed E-state index contributed by atoms with van der Waals surface area (Å²) in [5, 5.41) is 3.11. The van der Waals surface area contributed by atoms with Crippen LogP contribution in [0.1, 0.15) is 65.2 Å². The Morgan fingerprint density at radius 3 is 2.27 bits per heavy atom. The summed E-state index contributed by atoms with van der Waals surface area (Å²) in [5.41, 5.74) is 0.573. The minimum Gasteiger partial charge on any atom is -0.469 e. The molecule has 0 spiro atoms. The average molecular weight is 307 g/mol. The highest BCUT2D eigenvalue weighted by molar-refractivity contribution is 5.83. The number of carbonyl (C=O) groups is 2. The lowest BCUT2D eigenvalue weighted by Crippen LogP contribution is -2.59. The number of hydrogen-bond donors (Lipinski definition) is 1. The van der Waals surface area contributed by atoms with Crippen molar-refractivity contribution >= 4 is 11.9 Å². The number of nitrogens with one attached hydrogen (secondary N) is 1. The third-order valence-electron chi connectivity index (χ3n) is 6.18. The van der Waals surface area contributed by atoms with Gasteiger partial charge in [-0.15, -0.1) is 0 Å². The van der Waals surface area contributed by atoms with Crippen LogP contribution in [0.2, 0.25) is 0 Å². The number of ether oxygens (including phenoxy) is 1. The van der Waals surface area contributed by atoms with Crippen molar-refractivity contribution in [3.8, 4) is 0 Å². The molecule has 2 atom stereocenters. The van der Waals surface area contributed by atoms with Crippen LogP contribution in [0.5, 0.6) is 0 Å². The molecule has 4 aliphatic carbocycles. The van der Waals surface area contributed by atoms with Gasteiger partial charge in [-0.05, 0) is 61.7 Å². The molecule has 0 heterocycles. The van der Waals surface area contributed by atoms with Crippen LogP contribution in [0.15, 0.2) is 0 Å². The van der Waals surface area contributed by atoms with Crippen molar-refractivity contribution in [2.45, 2.75) is 65.2 Å². The molecular formula is C18H29NO3. The van der Waals surface area contributed by atoms with Crippen molar-refractivity contribution in [3.63, 3.8) is 0 Å². The fraction of sp³-hybridized carbons (Fsp3) is 0.889. The Morgan fingerprint density at radius 1 is 1.09 bits per heavy atom. The minimum atomic E-state index is -0.205. The number of rotatable bonds is 5. The van der Waals surface area contributed by atoms with Crippen LogP contribution < -0.4 is 5.32 Å². The lowest BCUT2D eigenvalue weighted by molar-refractivity contribution is -0.170. The fourth-order valence-corrected chi connectivity index (χ4v) is 6.43. The number of carbonyl (C=O) groups excluding carboxylic acids is 2. The molecule has 0 aromatic heterocycles. The highest BCUT2D eigenvalue weighted by Crippen LogP contribution is 2.69. The van der Waals surface area contributed by atoms with Gasteiger partial charge in [-0.25, -0.2) is 0 Å². The maximum Gasteiger partial charge on any atom is 0.305 e. The van der Waals surface area contributed by atoms with Crippen LogP contribution in [0, 0.1) is 22.2 Å². The summed E-state index contributed by atoms with van der Waals surface area (Å²) in [6, 6.07) is 0. The molecule has 1 amide bonds. The van der Waals surface area contributed by atoms with Gasteiger partial charge in [-0.3, -0.25) is 9.59 Å². The summed E-state index contributed by atoms with van der Waals surface area (Å²) in [7, 11) is 1.40. The molecule has 0 aliphatic heterocycles. The predicted molar refractivity (Wildman–Crippen MR) is 84.1 cm³/mol. The van der Waals surface area contributed by atoms with E-state index in [2.05, 4.69) is 23.9 Å². The first-order valence-electron chi connectivity index (χ1n) is 8.63. The van der Waals surface area contributed by atoms with Gasteiger partial charge in [0.15, 0.2) is 0 Å². The third kappa shape index (κ3) is 2.77. The van der Waals surface area contributed by atoms with Crippen LogP contribution in [0.3, 0.4) is 0 Å². The first-order valence-corrected chi connectivity index (χ1v) is 8.63. The molecule has 4 rings (SSSR count). The van der Waals surface area contributed by atoms with E-state index in [9.17, 15) is 9.59 Å². The largest absolute Gasteiger partial charge is 0.469 e. The van der Waals surface area contributed by atoms with Gasteiger partial charge in [-0.2, -0.15) is 0 Å². The van der Waals surface area contributed by atoms with Gasteiger partial charge in [-0.1, -0.05) is 13.8 Å². The Balaban J connectivity index is 1.61. The van der Waals surface area contributed by atoms with Crippen LogP contribution in [0.4, 0.5) is 0 Å². The van der Waals surface area contributed by atoms with Gasteiger partial charge in [0.2, 0.25) is 5.91 Å². The van der Waals surface area contributed by atoms with E-state index in [1.807, 2.05) is 0 Å². The number of hydrogen-bond acceptors (Lipinski definition) is 3. The normalized spacial score (nSPS) is 42.2. The molecule has 4 bridgehead atoms. The molecule has 4 fully saturated rings. The second-order valence-electron chi connectivity index (χ2n) is 8.85. The van der Waals surface area contributed by atoms with Crippen molar-refractivity contribution in [3.05, 3.63) is 0 Å². The van der Waals surface area contributed by atoms with E-state index in [1.54, 1.807) is 0 Å². The van der Waals surface area contributed by atoms with E-state index in [1.165, 1.54) is 26.4 Å². The average Bonchev–Trinajstić information content (AvgIpc) is 2.38. The predicted octanol–water partition coefficient (Wildman–Crippen LogP) is 3.05. The van der Waals surface area contributed by atoms with Crippen LogP contribution in [0.25, 0.3) is 0 Å². The highest BCUT2D eigenvalue weighted by atomic mass is 16.5. The molecular weight excluding hydrogens is 278 g/mol. The Morgan fingerprint density at radius 2 is 1.73 bits per heavy atom. The fourth-order valence-electron chi connectivity index (χ4n) is 6.43. The second-order valence-corrected chi connectivity index (χ2v) is 8.85. The monoisotopic (exact) mass is 307 g/mol. The molecule has 124 valence electrons. The third-order valence-corrected chi connectivity index (χ3v) is 6.18. The van der Waals surface area contributed by atoms with Gasteiger partial charge in [0.05, 0.1) is 12.5 Å². The molecule has 0 aromatic rings. The van der Waals surface area contributed by atoms with E-state index in [4.69, 9.17) is 0 Å². The summed E-state index contributed by atoms with van der Waals surface area (Å²) in [6.07, 6.45) is 8.10. The molecule has 0 saturated heterocycles. The lowest BCUT2D eigenvalue weighted by Gasteiger charge is -2.64. The first kappa shape index (κ1) is 15.8. The van der Waals surface area contributed by atoms with E-state index < -0.39 is 0 Å². The molecule has 0 aromatic carbocycles. The summed E-state index contributed by atoms with van der Waals surface area (Å²) in [4.78, 5) is 24.0. The van der Waals surface area contributed by atoms with Crippen molar-refractivity contribution in [1.29, 1.82) is 0 Å². The van der Waals surface area contributed by atoms with Crippen molar-refractivity contribution in [2.75, 3.05) is 13.7 Å². The molecule has 2 unspecified atom stereocenters. The van der Waals surface area contributed by atoms with E-state index in [-0.39, 0.29) is 17.3 Å². The van der Waals surface area contributed by atoms with Crippen molar-refractivity contribution in [1.82, 2.24) is 5.32 Å².